The minimum absolute atomic E-state index is 0.170. The first-order chi connectivity index (χ1) is 11.1. The first-order valence-corrected chi connectivity index (χ1v) is 7.28. The maximum Gasteiger partial charge on any atom is 0.344 e. The number of carbonyl (C=O) groups is 3. The second kappa shape index (κ2) is 7.44. The molecule has 1 saturated heterocycles. The van der Waals surface area contributed by atoms with E-state index in [0.29, 0.717) is 17.9 Å². The van der Waals surface area contributed by atoms with Crippen molar-refractivity contribution in [1.82, 2.24) is 10.2 Å². The van der Waals surface area contributed by atoms with Crippen LogP contribution in [-0.2, 0) is 14.3 Å². The summed E-state index contributed by atoms with van der Waals surface area (Å²) in [6.45, 7) is 3.78. The van der Waals surface area contributed by atoms with Gasteiger partial charge in [-0.25, -0.2) is 9.59 Å². The molecule has 0 spiro atoms. The number of likely N-dealkylation sites (N-methyl/N-ethyl adjacent to an activating group) is 1. The number of esters is 1. The summed E-state index contributed by atoms with van der Waals surface area (Å²) in [7, 11) is 0. The lowest BCUT2D eigenvalue weighted by molar-refractivity contribution is -0.145. The SMILES string of the molecule is CCOC(=O)COc1ccccc1/C=C1/NC(=O)N(CC)C1=O. The van der Waals surface area contributed by atoms with Gasteiger partial charge in [0.15, 0.2) is 6.61 Å². The zero-order valence-corrected chi connectivity index (χ0v) is 13.0. The molecular weight excluding hydrogens is 300 g/mol. The van der Waals surface area contributed by atoms with Crippen molar-refractivity contribution in [2.45, 2.75) is 13.8 Å². The van der Waals surface area contributed by atoms with Crippen LogP contribution in [0.15, 0.2) is 30.0 Å². The van der Waals surface area contributed by atoms with E-state index >= 15 is 0 Å². The fourth-order valence-corrected chi connectivity index (χ4v) is 2.08. The van der Waals surface area contributed by atoms with E-state index in [4.69, 9.17) is 9.47 Å². The van der Waals surface area contributed by atoms with Gasteiger partial charge in [-0.1, -0.05) is 18.2 Å². The smallest absolute Gasteiger partial charge is 0.344 e. The highest BCUT2D eigenvalue weighted by molar-refractivity contribution is 6.14. The van der Waals surface area contributed by atoms with E-state index in [1.54, 1.807) is 38.1 Å². The van der Waals surface area contributed by atoms with Crippen LogP contribution in [-0.4, -0.2) is 42.6 Å². The number of nitrogens with one attached hydrogen (secondary N) is 1. The molecule has 1 fully saturated rings. The Morgan fingerprint density at radius 1 is 1.26 bits per heavy atom. The maximum atomic E-state index is 12.1. The van der Waals surface area contributed by atoms with Gasteiger partial charge in [-0.3, -0.25) is 9.69 Å². The second-order valence-corrected chi connectivity index (χ2v) is 4.67. The highest BCUT2D eigenvalue weighted by atomic mass is 16.6. The Morgan fingerprint density at radius 3 is 2.65 bits per heavy atom. The molecule has 0 aliphatic carbocycles. The zero-order valence-electron chi connectivity index (χ0n) is 13.0. The molecule has 122 valence electrons. The molecule has 7 nitrogen and oxygen atoms in total. The van der Waals surface area contributed by atoms with Crippen molar-refractivity contribution in [3.8, 4) is 5.75 Å². The maximum absolute atomic E-state index is 12.1. The third kappa shape index (κ3) is 3.88. The Kier molecular flexibility index (Phi) is 5.35. The second-order valence-electron chi connectivity index (χ2n) is 4.67. The summed E-state index contributed by atoms with van der Waals surface area (Å²) >= 11 is 0. The Balaban J connectivity index is 2.18. The summed E-state index contributed by atoms with van der Waals surface area (Å²) in [5.74, 6) is -0.444. The van der Waals surface area contributed by atoms with Crippen LogP contribution < -0.4 is 10.1 Å². The largest absolute Gasteiger partial charge is 0.481 e. The van der Waals surface area contributed by atoms with Gasteiger partial charge in [0.25, 0.3) is 5.91 Å². The van der Waals surface area contributed by atoms with Crippen LogP contribution >= 0.6 is 0 Å². The first-order valence-electron chi connectivity index (χ1n) is 7.28. The average Bonchev–Trinajstić information content (AvgIpc) is 2.80. The molecule has 2 rings (SSSR count). The quantitative estimate of drug-likeness (QED) is 0.488. The van der Waals surface area contributed by atoms with Gasteiger partial charge in [-0.05, 0) is 26.0 Å². The Hall–Kier alpha value is -2.83. The Bertz CT molecular complexity index is 654. The molecule has 0 unspecified atom stereocenters. The van der Waals surface area contributed by atoms with E-state index in [9.17, 15) is 14.4 Å². The average molecular weight is 318 g/mol. The van der Waals surface area contributed by atoms with Crippen LogP contribution in [0, 0.1) is 0 Å². The molecule has 0 aromatic heterocycles. The molecule has 0 atom stereocenters. The molecule has 1 N–H and O–H groups in total. The van der Waals surface area contributed by atoms with E-state index in [1.165, 1.54) is 6.08 Å². The number of carbonyl (C=O) groups excluding carboxylic acids is 3. The number of benzene rings is 1. The summed E-state index contributed by atoms with van der Waals surface area (Å²) < 4.78 is 10.2. The minimum atomic E-state index is -0.475. The van der Waals surface area contributed by atoms with Crippen LogP contribution in [0.4, 0.5) is 4.79 Å². The van der Waals surface area contributed by atoms with E-state index < -0.39 is 17.9 Å². The van der Waals surface area contributed by atoms with Gasteiger partial charge in [-0.15, -0.1) is 0 Å². The first kappa shape index (κ1) is 16.5. The highest BCUT2D eigenvalue weighted by Gasteiger charge is 2.32. The van der Waals surface area contributed by atoms with Crippen LogP contribution in [0.25, 0.3) is 6.08 Å². The van der Waals surface area contributed by atoms with Gasteiger partial charge in [0, 0.05) is 12.1 Å². The molecule has 0 saturated carbocycles. The van der Waals surface area contributed by atoms with Crippen LogP contribution in [0.2, 0.25) is 0 Å². The van der Waals surface area contributed by atoms with Gasteiger partial charge in [-0.2, -0.15) is 0 Å². The number of amides is 3. The fraction of sp³-hybridized carbons (Fsp3) is 0.312. The molecule has 1 aromatic carbocycles. The van der Waals surface area contributed by atoms with E-state index in [0.717, 1.165) is 4.90 Å². The summed E-state index contributed by atoms with van der Waals surface area (Å²) in [5.41, 5.74) is 0.752. The predicted molar refractivity (Wildman–Crippen MR) is 82.5 cm³/mol. The van der Waals surface area contributed by atoms with Crippen LogP contribution in [0.3, 0.4) is 0 Å². The predicted octanol–water partition coefficient (Wildman–Crippen LogP) is 1.54. The number of para-hydroxylation sites is 1. The van der Waals surface area contributed by atoms with Crippen molar-refractivity contribution in [3.05, 3.63) is 35.5 Å². The zero-order chi connectivity index (χ0) is 16.8. The van der Waals surface area contributed by atoms with E-state index in [1.807, 2.05) is 0 Å². The molecule has 7 heteroatoms. The standard InChI is InChI=1S/C16H18N2O5/c1-3-18-15(20)12(17-16(18)21)9-11-7-5-6-8-13(11)23-10-14(19)22-4-2/h5-9H,3-4,10H2,1-2H3,(H,17,21)/b12-9+. The van der Waals surface area contributed by atoms with E-state index in [2.05, 4.69) is 5.32 Å². The molecule has 1 aliphatic rings. The third-order valence-corrected chi connectivity index (χ3v) is 3.15. The van der Waals surface area contributed by atoms with Crippen molar-refractivity contribution in [2.75, 3.05) is 19.8 Å². The number of urea groups is 1. The minimum Gasteiger partial charge on any atom is -0.481 e. The molecule has 1 heterocycles. The number of imide groups is 1. The molecule has 1 aromatic rings. The molecular formula is C16H18N2O5. The molecule has 3 amide bonds. The number of rotatable bonds is 6. The molecule has 0 radical (unpaired) electrons. The topological polar surface area (TPSA) is 84.9 Å². The lowest BCUT2D eigenvalue weighted by atomic mass is 10.1. The van der Waals surface area contributed by atoms with Crippen LogP contribution in [0.5, 0.6) is 5.75 Å². The van der Waals surface area contributed by atoms with Gasteiger partial charge in [0.05, 0.1) is 6.61 Å². The van der Waals surface area contributed by atoms with Gasteiger partial charge in [0.1, 0.15) is 11.4 Å². The normalized spacial score (nSPS) is 15.7. The summed E-state index contributed by atoms with van der Waals surface area (Å²) in [5, 5.41) is 2.52. The van der Waals surface area contributed by atoms with Crippen molar-refractivity contribution in [3.63, 3.8) is 0 Å². The highest BCUT2D eigenvalue weighted by Crippen LogP contribution is 2.22. The number of hydrogen-bond donors (Lipinski definition) is 1. The summed E-state index contributed by atoms with van der Waals surface area (Å²) in [4.78, 5) is 36.2. The number of hydrogen-bond acceptors (Lipinski definition) is 5. The third-order valence-electron chi connectivity index (χ3n) is 3.15. The van der Waals surface area contributed by atoms with Crippen molar-refractivity contribution in [2.24, 2.45) is 0 Å². The van der Waals surface area contributed by atoms with Gasteiger partial charge < -0.3 is 14.8 Å². The van der Waals surface area contributed by atoms with Crippen molar-refractivity contribution < 1.29 is 23.9 Å². The van der Waals surface area contributed by atoms with E-state index in [-0.39, 0.29) is 18.9 Å². The van der Waals surface area contributed by atoms with Crippen molar-refractivity contribution in [1.29, 1.82) is 0 Å². The summed E-state index contributed by atoms with van der Waals surface area (Å²) in [6.07, 6.45) is 1.52. The Morgan fingerprint density at radius 2 is 2.00 bits per heavy atom. The molecule has 1 aliphatic heterocycles. The van der Waals surface area contributed by atoms with Gasteiger partial charge in [0.2, 0.25) is 0 Å². The molecule has 23 heavy (non-hydrogen) atoms. The van der Waals surface area contributed by atoms with Crippen molar-refractivity contribution >= 4 is 24.0 Å². The fourth-order valence-electron chi connectivity index (χ4n) is 2.08. The Labute approximate surface area is 133 Å². The monoisotopic (exact) mass is 318 g/mol. The number of nitrogens with zero attached hydrogens (tertiary/aromatic N) is 1. The molecule has 0 bridgehead atoms. The lowest BCUT2D eigenvalue weighted by Crippen LogP contribution is -2.30. The number of ether oxygens (including phenoxy) is 2. The van der Waals surface area contributed by atoms with Gasteiger partial charge >= 0.3 is 12.0 Å². The van der Waals surface area contributed by atoms with Crippen LogP contribution in [0.1, 0.15) is 19.4 Å². The lowest BCUT2D eigenvalue weighted by Gasteiger charge is -2.09. The summed E-state index contributed by atoms with van der Waals surface area (Å²) in [6, 6.07) is 6.46.